The van der Waals surface area contributed by atoms with E-state index in [4.69, 9.17) is 5.10 Å². The number of aryl methyl sites for hydroxylation is 1. The van der Waals surface area contributed by atoms with Gasteiger partial charge in [-0.05, 0) is 37.5 Å². The first kappa shape index (κ1) is 16.2. The summed E-state index contributed by atoms with van der Waals surface area (Å²) in [7, 11) is 0. The van der Waals surface area contributed by atoms with Crippen LogP contribution >= 0.6 is 0 Å². The molecule has 4 nitrogen and oxygen atoms in total. The highest BCUT2D eigenvalue weighted by Gasteiger charge is 2.24. The molecule has 1 N–H and O–H groups in total. The van der Waals surface area contributed by atoms with Gasteiger partial charge in [0.25, 0.3) is 0 Å². The van der Waals surface area contributed by atoms with Gasteiger partial charge in [-0.25, -0.2) is 0 Å². The number of hydrogen-bond donors (Lipinski definition) is 1. The molecule has 1 aliphatic heterocycles. The number of benzene rings is 1. The number of aromatic nitrogens is 2. The first-order valence-electron chi connectivity index (χ1n) is 8.75. The van der Waals surface area contributed by atoms with Gasteiger partial charge in [-0.3, -0.25) is 9.58 Å². The predicted molar refractivity (Wildman–Crippen MR) is 94.5 cm³/mol. The van der Waals surface area contributed by atoms with Gasteiger partial charge < -0.3 is 5.32 Å². The maximum atomic E-state index is 4.71. The molecule has 2 aromatic rings. The molecule has 0 saturated carbocycles. The van der Waals surface area contributed by atoms with E-state index in [-0.39, 0.29) is 0 Å². The molecule has 1 saturated heterocycles. The lowest BCUT2D eigenvalue weighted by atomic mass is 10.0. The van der Waals surface area contributed by atoms with E-state index in [0.717, 1.165) is 38.3 Å². The molecule has 0 radical (unpaired) electrons. The lowest BCUT2D eigenvalue weighted by Crippen LogP contribution is -2.45. The van der Waals surface area contributed by atoms with Crippen molar-refractivity contribution in [2.75, 3.05) is 19.6 Å². The Morgan fingerprint density at radius 3 is 2.65 bits per heavy atom. The van der Waals surface area contributed by atoms with Crippen molar-refractivity contribution < 1.29 is 0 Å². The average molecular weight is 312 g/mol. The minimum atomic E-state index is 0.421. The van der Waals surface area contributed by atoms with Crippen molar-refractivity contribution in [1.29, 1.82) is 0 Å². The van der Waals surface area contributed by atoms with Crippen molar-refractivity contribution in [2.24, 2.45) is 0 Å². The van der Waals surface area contributed by atoms with Gasteiger partial charge in [-0.1, -0.05) is 31.2 Å². The lowest BCUT2D eigenvalue weighted by molar-refractivity contribution is 0.151. The fourth-order valence-corrected chi connectivity index (χ4v) is 3.20. The first-order chi connectivity index (χ1) is 11.2. The van der Waals surface area contributed by atoms with Crippen molar-refractivity contribution >= 4 is 0 Å². The van der Waals surface area contributed by atoms with Gasteiger partial charge in [-0.15, -0.1) is 0 Å². The van der Waals surface area contributed by atoms with E-state index in [2.05, 4.69) is 67.5 Å². The van der Waals surface area contributed by atoms with Crippen LogP contribution in [0.4, 0.5) is 0 Å². The molecule has 1 unspecified atom stereocenters. The van der Waals surface area contributed by atoms with Crippen LogP contribution in [-0.4, -0.2) is 34.3 Å². The van der Waals surface area contributed by atoms with Crippen LogP contribution in [0.2, 0.25) is 0 Å². The van der Waals surface area contributed by atoms with Crippen molar-refractivity contribution in [3.63, 3.8) is 0 Å². The summed E-state index contributed by atoms with van der Waals surface area (Å²) < 4.78 is 2.04. The van der Waals surface area contributed by atoms with Crippen molar-refractivity contribution in [3.05, 3.63) is 53.3 Å². The highest BCUT2D eigenvalue weighted by atomic mass is 15.3. The van der Waals surface area contributed by atoms with Crippen LogP contribution in [-0.2, 0) is 13.0 Å². The second-order valence-electron chi connectivity index (χ2n) is 6.67. The monoisotopic (exact) mass is 312 g/mol. The van der Waals surface area contributed by atoms with Crippen LogP contribution in [0, 0.1) is 0 Å². The molecule has 0 aliphatic carbocycles. The first-order valence-corrected chi connectivity index (χ1v) is 8.75. The molecule has 1 aromatic heterocycles. The summed E-state index contributed by atoms with van der Waals surface area (Å²) in [6.45, 7) is 10.6. The summed E-state index contributed by atoms with van der Waals surface area (Å²) in [4.78, 5) is 2.55. The normalized spacial score (nSPS) is 19.4. The van der Waals surface area contributed by atoms with Crippen molar-refractivity contribution in [2.45, 2.75) is 45.8 Å². The summed E-state index contributed by atoms with van der Waals surface area (Å²) in [5, 5.41) is 8.25. The highest BCUT2D eigenvalue weighted by Crippen LogP contribution is 2.24. The Balaban J connectivity index is 1.74. The minimum absolute atomic E-state index is 0.421. The lowest BCUT2D eigenvalue weighted by Gasteiger charge is -2.36. The summed E-state index contributed by atoms with van der Waals surface area (Å²) in [6, 6.07) is 12.1. The second-order valence-corrected chi connectivity index (χ2v) is 6.67. The van der Waals surface area contributed by atoms with Crippen LogP contribution < -0.4 is 5.32 Å². The van der Waals surface area contributed by atoms with Gasteiger partial charge in [0, 0.05) is 44.5 Å². The van der Waals surface area contributed by atoms with E-state index in [1.54, 1.807) is 0 Å². The molecular formula is C19H28N4. The molecule has 0 amide bonds. The standard InChI is InChI=1S/C19H28N4/c1-4-16-5-7-17(8-6-16)19-13-20-10-12-22(19)14-18-9-11-23(21-18)15(2)3/h5-9,11,15,19-20H,4,10,12-14H2,1-3H3. The van der Waals surface area contributed by atoms with Gasteiger partial charge in [0.15, 0.2) is 0 Å². The zero-order valence-corrected chi connectivity index (χ0v) is 14.5. The summed E-state index contributed by atoms with van der Waals surface area (Å²) in [6.07, 6.45) is 3.19. The summed E-state index contributed by atoms with van der Waals surface area (Å²) >= 11 is 0. The molecular weight excluding hydrogens is 284 g/mol. The fraction of sp³-hybridized carbons (Fsp3) is 0.526. The van der Waals surface area contributed by atoms with E-state index in [9.17, 15) is 0 Å². The maximum Gasteiger partial charge on any atom is 0.0765 e. The van der Waals surface area contributed by atoms with Gasteiger partial charge in [0.1, 0.15) is 0 Å². The van der Waals surface area contributed by atoms with Crippen LogP contribution in [0.1, 0.15) is 49.7 Å². The van der Waals surface area contributed by atoms with Gasteiger partial charge in [0.05, 0.1) is 5.69 Å². The smallest absolute Gasteiger partial charge is 0.0765 e. The highest BCUT2D eigenvalue weighted by molar-refractivity contribution is 5.26. The Labute approximate surface area is 139 Å². The number of nitrogens with one attached hydrogen (secondary N) is 1. The second kappa shape index (κ2) is 7.28. The molecule has 1 atom stereocenters. The number of piperazine rings is 1. The molecule has 2 heterocycles. The Hall–Kier alpha value is -1.65. The average Bonchev–Trinajstić information content (AvgIpc) is 3.04. The number of rotatable bonds is 5. The minimum Gasteiger partial charge on any atom is -0.314 e. The Morgan fingerprint density at radius 2 is 2.00 bits per heavy atom. The maximum absolute atomic E-state index is 4.71. The van der Waals surface area contributed by atoms with Crippen LogP contribution in [0.3, 0.4) is 0 Å². The molecule has 1 aliphatic rings. The topological polar surface area (TPSA) is 33.1 Å². The largest absolute Gasteiger partial charge is 0.314 e. The fourth-order valence-electron chi connectivity index (χ4n) is 3.20. The van der Waals surface area contributed by atoms with Gasteiger partial charge in [-0.2, -0.15) is 5.10 Å². The molecule has 0 bridgehead atoms. The Kier molecular flexibility index (Phi) is 5.13. The van der Waals surface area contributed by atoms with Gasteiger partial charge in [0.2, 0.25) is 0 Å². The summed E-state index contributed by atoms with van der Waals surface area (Å²) in [5.41, 5.74) is 3.97. The third-order valence-corrected chi connectivity index (χ3v) is 4.68. The van der Waals surface area contributed by atoms with E-state index >= 15 is 0 Å². The quantitative estimate of drug-likeness (QED) is 0.920. The number of nitrogens with zero attached hydrogens (tertiary/aromatic N) is 3. The molecule has 3 rings (SSSR count). The molecule has 4 heteroatoms. The van der Waals surface area contributed by atoms with E-state index in [0.29, 0.717) is 12.1 Å². The number of hydrogen-bond acceptors (Lipinski definition) is 3. The molecule has 23 heavy (non-hydrogen) atoms. The molecule has 1 fully saturated rings. The molecule has 124 valence electrons. The van der Waals surface area contributed by atoms with Crippen LogP contribution in [0.25, 0.3) is 0 Å². The third-order valence-electron chi connectivity index (χ3n) is 4.68. The van der Waals surface area contributed by atoms with Crippen molar-refractivity contribution in [3.8, 4) is 0 Å². The van der Waals surface area contributed by atoms with Gasteiger partial charge >= 0.3 is 0 Å². The van der Waals surface area contributed by atoms with Crippen molar-refractivity contribution in [1.82, 2.24) is 20.0 Å². The van der Waals surface area contributed by atoms with Crippen LogP contribution in [0.15, 0.2) is 36.5 Å². The zero-order valence-electron chi connectivity index (χ0n) is 14.5. The molecule has 1 aromatic carbocycles. The third kappa shape index (κ3) is 3.82. The summed E-state index contributed by atoms with van der Waals surface area (Å²) in [5.74, 6) is 0. The SMILES string of the molecule is CCc1ccc(C2CNCCN2Cc2ccn(C(C)C)n2)cc1. The predicted octanol–water partition coefficient (Wildman–Crippen LogP) is 3.17. The van der Waals surface area contributed by atoms with Crippen LogP contribution in [0.5, 0.6) is 0 Å². The van der Waals surface area contributed by atoms with E-state index < -0.39 is 0 Å². The molecule has 0 spiro atoms. The Morgan fingerprint density at radius 1 is 1.22 bits per heavy atom. The zero-order chi connectivity index (χ0) is 16.2. The van der Waals surface area contributed by atoms with E-state index in [1.165, 1.54) is 11.1 Å². The Bertz CT molecular complexity index is 615. The van der Waals surface area contributed by atoms with E-state index in [1.807, 2.05) is 4.68 Å².